The number of carbonyl (C=O) groups is 1. The second kappa shape index (κ2) is 7.03. The highest BCUT2D eigenvalue weighted by Crippen LogP contribution is 2.40. The molecule has 2 aromatic heterocycles. The zero-order chi connectivity index (χ0) is 18.0. The van der Waals surface area contributed by atoms with Crippen LogP contribution in [0.1, 0.15) is 25.7 Å². The van der Waals surface area contributed by atoms with E-state index < -0.39 is 5.60 Å². The second-order valence-corrected chi connectivity index (χ2v) is 7.17. The molecule has 8 nitrogen and oxygen atoms in total. The molecular formula is C17H19ClN6O2. The minimum Gasteiger partial charge on any atom is -0.441 e. The molecule has 1 aliphatic heterocycles. The Bertz CT molecular complexity index is 765. The van der Waals surface area contributed by atoms with Crippen LogP contribution in [0.25, 0.3) is 0 Å². The third-order valence-corrected chi connectivity index (χ3v) is 5.23. The van der Waals surface area contributed by atoms with Gasteiger partial charge in [0.1, 0.15) is 11.4 Å². The summed E-state index contributed by atoms with van der Waals surface area (Å²) in [6.45, 7) is 1.35. The van der Waals surface area contributed by atoms with Crippen LogP contribution in [0.5, 0.6) is 0 Å². The molecule has 0 unspecified atom stereocenters. The van der Waals surface area contributed by atoms with Crippen LogP contribution in [-0.4, -0.2) is 45.2 Å². The van der Waals surface area contributed by atoms with Crippen LogP contribution in [-0.2, 0) is 4.74 Å². The molecule has 2 aromatic rings. The van der Waals surface area contributed by atoms with Gasteiger partial charge in [0, 0.05) is 12.7 Å². The second-order valence-electron chi connectivity index (χ2n) is 6.78. The molecule has 9 heteroatoms. The van der Waals surface area contributed by atoms with Crippen molar-refractivity contribution in [2.75, 3.05) is 23.3 Å². The Balaban J connectivity index is 1.32. The number of anilines is 2. The van der Waals surface area contributed by atoms with Gasteiger partial charge in [-0.15, -0.1) is 15.3 Å². The number of amides is 1. The third kappa shape index (κ3) is 3.55. The molecule has 4 rings (SSSR count). The summed E-state index contributed by atoms with van der Waals surface area (Å²) in [5, 5.41) is 19.4. The fraction of sp³-hybridized carbons (Fsp3) is 0.471. The summed E-state index contributed by atoms with van der Waals surface area (Å²) < 4.78 is 5.74. The van der Waals surface area contributed by atoms with E-state index in [4.69, 9.17) is 16.3 Å². The molecule has 1 saturated heterocycles. The molecule has 1 N–H and O–H groups in total. The van der Waals surface area contributed by atoms with Gasteiger partial charge in [0.05, 0.1) is 6.54 Å². The zero-order valence-corrected chi connectivity index (χ0v) is 14.9. The van der Waals surface area contributed by atoms with E-state index >= 15 is 0 Å². The number of hydrogen-bond donors (Lipinski definition) is 1. The summed E-state index contributed by atoms with van der Waals surface area (Å²) in [4.78, 5) is 13.8. The first-order valence-corrected chi connectivity index (χ1v) is 9.03. The molecule has 2 fully saturated rings. The molecule has 3 heterocycles. The lowest BCUT2D eigenvalue weighted by molar-refractivity contribution is 0.0148. The summed E-state index contributed by atoms with van der Waals surface area (Å²) in [6.07, 6.45) is 4.90. The van der Waals surface area contributed by atoms with Gasteiger partial charge >= 0.3 is 6.09 Å². The van der Waals surface area contributed by atoms with Crippen LogP contribution >= 0.6 is 11.6 Å². The van der Waals surface area contributed by atoms with E-state index in [2.05, 4.69) is 25.7 Å². The lowest BCUT2D eigenvalue weighted by Crippen LogP contribution is -2.39. The maximum absolute atomic E-state index is 12.3. The summed E-state index contributed by atoms with van der Waals surface area (Å²) in [5.41, 5.74) is -0.412. The van der Waals surface area contributed by atoms with E-state index in [-0.39, 0.29) is 6.09 Å². The molecular weight excluding hydrogens is 356 g/mol. The topological polar surface area (TPSA) is 93.1 Å². The van der Waals surface area contributed by atoms with E-state index in [0.717, 1.165) is 38.0 Å². The predicted octanol–water partition coefficient (Wildman–Crippen LogP) is 2.92. The van der Waals surface area contributed by atoms with Crippen molar-refractivity contribution < 1.29 is 9.53 Å². The van der Waals surface area contributed by atoms with Crippen molar-refractivity contribution in [2.45, 2.75) is 31.3 Å². The van der Waals surface area contributed by atoms with Gasteiger partial charge in [-0.2, -0.15) is 5.10 Å². The number of hydrogen-bond acceptors (Lipinski definition) is 7. The van der Waals surface area contributed by atoms with E-state index in [9.17, 15) is 4.79 Å². The minimum absolute atomic E-state index is 0.335. The Morgan fingerprint density at radius 3 is 2.77 bits per heavy atom. The average molecular weight is 375 g/mol. The van der Waals surface area contributed by atoms with Crippen molar-refractivity contribution in [3.63, 3.8) is 0 Å². The van der Waals surface area contributed by atoms with Gasteiger partial charge in [-0.1, -0.05) is 11.6 Å². The van der Waals surface area contributed by atoms with Gasteiger partial charge in [-0.25, -0.2) is 4.79 Å². The van der Waals surface area contributed by atoms with Crippen LogP contribution in [0.3, 0.4) is 0 Å². The van der Waals surface area contributed by atoms with Gasteiger partial charge in [-0.3, -0.25) is 4.90 Å². The van der Waals surface area contributed by atoms with Crippen LogP contribution in [0.4, 0.5) is 16.4 Å². The Kier molecular flexibility index (Phi) is 4.58. The van der Waals surface area contributed by atoms with Crippen molar-refractivity contribution in [2.24, 2.45) is 5.92 Å². The first-order valence-electron chi connectivity index (χ1n) is 8.65. The molecule has 0 radical (unpaired) electrons. The maximum atomic E-state index is 12.3. The summed E-state index contributed by atoms with van der Waals surface area (Å²) in [5.74, 6) is 1.76. The number of aromatic nitrogens is 4. The first kappa shape index (κ1) is 17.0. The largest absolute Gasteiger partial charge is 0.441 e. The standard InChI is InChI=1S/C17H19ClN6O2/c18-13-3-4-14(22-21-13)19-10-12-5-7-17(8-6-12)11-24(16(25)26-17)15-2-1-9-20-23-15/h1-4,9,12H,5-8,10-11H2,(H,19,22)/t12-,17-. The van der Waals surface area contributed by atoms with Gasteiger partial charge in [0.15, 0.2) is 11.0 Å². The van der Waals surface area contributed by atoms with Crippen molar-refractivity contribution in [1.82, 2.24) is 20.4 Å². The molecule has 26 heavy (non-hydrogen) atoms. The lowest BCUT2D eigenvalue weighted by atomic mass is 9.78. The van der Waals surface area contributed by atoms with E-state index in [1.54, 1.807) is 29.3 Å². The Morgan fingerprint density at radius 1 is 1.23 bits per heavy atom. The maximum Gasteiger partial charge on any atom is 0.416 e. The smallest absolute Gasteiger partial charge is 0.416 e. The van der Waals surface area contributed by atoms with E-state index in [1.165, 1.54) is 0 Å². The Morgan fingerprint density at radius 2 is 2.08 bits per heavy atom. The molecule has 0 aromatic carbocycles. The quantitative estimate of drug-likeness (QED) is 0.879. The summed E-state index contributed by atoms with van der Waals surface area (Å²) in [7, 11) is 0. The predicted molar refractivity (Wildman–Crippen MR) is 96.1 cm³/mol. The lowest BCUT2D eigenvalue weighted by Gasteiger charge is -2.35. The van der Waals surface area contributed by atoms with Crippen molar-refractivity contribution in [3.05, 3.63) is 35.6 Å². The minimum atomic E-state index is -0.412. The Hall–Kier alpha value is -2.48. The number of carbonyl (C=O) groups excluding carboxylic acids is 1. The molecule has 1 aliphatic carbocycles. The number of nitrogens with one attached hydrogen (secondary N) is 1. The molecule has 136 valence electrons. The normalized spacial score (nSPS) is 25.3. The zero-order valence-electron chi connectivity index (χ0n) is 14.1. The van der Waals surface area contributed by atoms with Crippen molar-refractivity contribution >= 4 is 29.3 Å². The fourth-order valence-electron chi connectivity index (χ4n) is 3.56. The summed E-state index contributed by atoms with van der Waals surface area (Å²) in [6, 6.07) is 7.07. The number of ether oxygens (including phenoxy) is 1. The number of rotatable bonds is 4. The molecule has 1 amide bonds. The highest BCUT2D eigenvalue weighted by molar-refractivity contribution is 6.29. The Labute approximate surface area is 155 Å². The third-order valence-electron chi connectivity index (χ3n) is 5.03. The van der Waals surface area contributed by atoms with Crippen LogP contribution < -0.4 is 10.2 Å². The van der Waals surface area contributed by atoms with Gasteiger partial charge in [0.2, 0.25) is 0 Å². The van der Waals surface area contributed by atoms with Gasteiger partial charge < -0.3 is 10.1 Å². The number of nitrogens with zero attached hydrogens (tertiary/aromatic N) is 5. The number of halogens is 1. The van der Waals surface area contributed by atoms with Gasteiger partial charge in [0.25, 0.3) is 0 Å². The molecule has 1 saturated carbocycles. The van der Waals surface area contributed by atoms with E-state index in [1.807, 2.05) is 6.07 Å². The average Bonchev–Trinajstić information content (AvgIpc) is 2.99. The molecule has 0 bridgehead atoms. The summed E-state index contributed by atoms with van der Waals surface area (Å²) >= 11 is 5.74. The fourth-order valence-corrected chi connectivity index (χ4v) is 3.67. The molecule has 1 spiro atoms. The van der Waals surface area contributed by atoms with Crippen LogP contribution in [0, 0.1) is 5.92 Å². The van der Waals surface area contributed by atoms with Crippen molar-refractivity contribution in [3.8, 4) is 0 Å². The molecule has 2 aliphatic rings. The van der Waals surface area contributed by atoms with Crippen LogP contribution in [0.15, 0.2) is 30.5 Å². The van der Waals surface area contributed by atoms with Crippen molar-refractivity contribution in [1.29, 1.82) is 0 Å². The highest BCUT2D eigenvalue weighted by Gasteiger charge is 2.48. The van der Waals surface area contributed by atoms with Gasteiger partial charge in [-0.05, 0) is 55.9 Å². The van der Waals surface area contributed by atoms with E-state index in [0.29, 0.717) is 23.4 Å². The highest BCUT2D eigenvalue weighted by atomic mass is 35.5. The van der Waals surface area contributed by atoms with Crippen LogP contribution in [0.2, 0.25) is 5.15 Å². The monoisotopic (exact) mass is 374 g/mol. The molecule has 0 atom stereocenters. The SMILES string of the molecule is O=C1O[C@]2(CC[C@H](CNc3ccc(Cl)nn3)CC2)CN1c1cccnn1. The first-order chi connectivity index (χ1) is 12.6.